The second-order valence-corrected chi connectivity index (χ2v) is 10.2. The summed E-state index contributed by atoms with van der Waals surface area (Å²) in [5.74, 6) is -0.588. The van der Waals surface area contributed by atoms with E-state index in [9.17, 15) is 14.4 Å². The number of rotatable bonds is 7. The topological polar surface area (TPSA) is 99.3 Å². The number of hydrogen-bond acceptors (Lipinski definition) is 4. The summed E-state index contributed by atoms with van der Waals surface area (Å²) in [6.07, 6.45) is 1.07. The zero-order valence-corrected chi connectivity index (χ0v) is 19.5. The van der Waals surface area contributed by atoms with Crippen LogP contribution in [0.4, 0.5) is 0 Å². The summed E-state index contributed by atoms with van der Waals surface area (Å²) in [5, 5.41) is 12.6. The van der Waals surface area contributed by atoms with Crippen molar-refractivity contribution < 1.29 is 14.4 Å². The molecule has 31 heavy (non-hydrogen) atoms. The first-order valence-corrected chi connectivity index (χ1v) is 11.2. The van der Waals surface area contributed by atoms with Gasteiger partial charge in [0.2, 0.25) is 11.8 Å². The maximum Gasteiger partial charge on any atom is 0.251 e. The molecule has 0 atom stereocenters. The number of halogens is 1. The number of hydrogen-bond donors (Lipinski definition) is 4. The molecule has 0 spiro atoms. The van der Waals surface area contributed by atoms with Crippen LogP contribution < -0.4 is 21.3 Å². The summed E-state index contributed by atoms with van der Waals surface area (Å²) in [6.45, 7) is 10.3. The Morgan fingerprint density at radius 3 is 2.06 bits per heavy atom. The van der Waals surface area contributed by atoms with Gasteiger partial charge in [0.05, 0.1) is 0 Å². The Hall–Kier alpha value is -2.12. The highest BCUT2D eigenvalue weighted by molar-refractivity contribution is 6.30. The van der Waals surface area contributed by atoms with Crippen LogP contribution in [0.15, 0.2) is 24.3 Å². The van der Waals surface area contributed by atoms with Crippen molar-refractivity contribution in [2.24, 2.45) is 16.7 Å². The summed E-state index contributed by atoms with van der Waals surface area (Å²) in [7, 11) is 0. The van der Waals surface area contributed by atoms with Crippen LogP contribution in [0.5, 0.6) is 0 Å². The minimum Gasteiger partial charge on any atom is -0.352 e. The van der Waals surface area contributed by atoms with Gasteiger partial charge < -0.3 is 21.3 Å². The van der Waals surface area contributed by atoms with Crippen molar-refractivity contribution in [3.05, 3.63) is 34.9 Å². The second kappa shape index (κ2) is 8.79. The third-order valence-corrected chi connectivity index (χ3v) is 7.59. The predicted octanol–water partition coefficient (Wildman–Crippen LogP) is 2.11. The molecule has 1 heterocycles. The summed E-state index contributed by atoms with van der Waals surface area (Å²) in [6, 6.07) is 6.61. The summed E-state index contributed by atoms with van der Waals surface area (Å²) >= 11 is 5.84. The molecular formula is C23H33ClN4O3. The summed E-state index contributed by atoms with van der Waals surface area (Å²) < 4.78 is 0. The van der Waals surface area contributed by atoms with Crippen LogP contribution in [0.3, 0.4) is 0 Å². The quantitative estimate of drug-likeness (QED) is 0.480. The Bertz CT molecular complexity index is 831. The molecule has 8 heteroatoms. The molecule has 0 bridgehead atoms. The number of amides is 3. The van der Waals surface area contributed by atoms with E-state index in [1.165, 1.54) is 0 Å². The number of piperidine rings is 1. The molecular weight excluding hydrogens is 416 g/mol. The van der Waals surface area contributed by atoms with Crippen molar-refractivity contribution in [2.45, 2.75) is 46.1 Å². The normalized spacial score (nSPS) is 21.1. The lowest BCUT2D eigenvalue weighted by atomic mass is 9.86. The number of benzene rings is 1. The first kappa shape index (κ1) is 23.5. The second-order valence-electron chi connectivity index (χ2n) is 9.72. The first-order valence-electron chi connectivity index (χ1n) is 10.9. The molecule has 1 aromatic rings. The number of carbonyl (C=O) groups is 3. The average molecular weight is 449 g/mol. The van der Waals surface area contributed by atoms with Gasteiger partial charge in [-0.3, -0.25) is 14.4 Å². The Morgan fingerprint density at radius 1 is 0.968 bits per heavy atom. The third-order valence-electron chi connectivity index (χ3n) is 7.34. The minimum atomic E-state index is -0.919. The van der Waals surface area contributed by atoms with Gasteiger partial charge in [-0.1, -0.05) is 39.3 Å². The van der Waals surface area contributed by atoms with Gasteiger partial charge in [-0.05, 0) is 61.0 Å². The maximum absolute atomic E-state index is 13.1. The molecule has 2 fully saturated rings. The molecule has 1 aromatic carbocycles. The Kier molecular flexibility index (Phi) is 6.67. The molecule has 4 N–H and O–H groups in total. The van der Waals surface area contributed by atoms with Crippen molar-refractivity contribution in [2.75, 3.05) is 26.2 Å². The van der Waals surface area contributed by atoms with Gasteiger partial charge in [-0.2, -0.15) is 0 Å². The lowest BCUT2D eigenvalue weighted by Crippen LogP contribution is -2.63. The fourth-order valence-electron chi connectivity index (χ4n) is 4.65. The molecule has 7 nitrogen and oxygen atoms in total. The van der Waals surface area contributed by atoms with Crippen LogP contribution in [-0.4, -0.2) is 49.4 Å². The molecule has 170 valence electrons. The fraction of sp³-hybridized carbons (Fsp3) is 0.609. The average Bonchev–Trinajstić information content (AvgIpc) is 3.14. The van der Waals surface area contributed by atoms with Crippen molar-refractivity contribution >= 4 is 29.3 Å². The first-order chi connectivity index (χ1) is 14.5. The Balaban J connectivity index is 1.54. The van der Waals surface area contributed by atoms with Crippen LogP contribution in [0.25, 0.3) is 0 Å². The molecule has 3 amide bonds. The zero-order valence-electron chi connectivity index (χ0n) is 18.7. The van der Waals surface area contributed by atoms with E-state index in [0.29, 0.717) is 36.5 Å². The van der Waals surface area contributed by atoms with E-state index in [1.807, 2.05) is 0 Å². The van der Waals surface area contributed by atoms with Crippen molar-refractivity contribution in [1.82, 2.24) is 21.3 Å². The van der Waals surface area contributed by atoms with Crippen molar-refractivity contribution in [1.29, 1.82) is 0 Å². The molecule has 3 rings (SSSR count). The van der Waals surface area contributed by atoms with E-state index in [0.717, 1.165) is 0 Å². The monoisotopic (exact) mass is 448 g/mol. The highest BCUT2D eigenvalue weighted by Crippen LogP contribution is 2.68. The van der Waals surface area contributed by atoms with Gasteiger partial charge in [0.25, 0.3) is 5.91 Å². The standard InChI is InChI=1S/C23H33ClN4O3/c1-21(2)17(22(21,3)4)19(30)28-23(9-11-25-12-10-23)20(31)27-14-13-26-18(29)15-5-7-16(24)8-6-15/h5-8,17,25H,9-14H2,1-4H3,(H,26,29)(H,27,31)(H,28,30). The Labute approximate surface area is 189 Å². The van der Waals surface area contributed by atoms with E-state index in [-0.39, 0.29) is 47.6 Å². The predicted molar refractivity (Wildman–Crippen MR) is 121 cm³/mol. The maximum atomic E-state index is 13.1. The molecule has 1 aliphatic carbocycles. The molecule has 0 unspecified atom stereocenters. The smallest absolute Gasteiger partial charge is 0.251 e. The summed E-state index contributed by atoms with van der Waals surface area (Å²) in [4.78, 5) is 38.3. The molecule has 0 radical (unpaired) electrons. The molecule has 1 saturated heterocycles. The number of nitrogens with one attached hydrogen (secondary N) is 4. The van der Waals surface area contributed by atoms with Gasteiger partial charge >= 0.3 is 0 Å². The minimum absolute atomic E-state index is 0.0527. The van der Waals surface area contributed by atoms with E-state index < -0.39 is 5.54 Å². The van der Waals surface area contributed by atoms with E-state index in [1.54, 1.807) is 24.3 Å². The van der Waals surface area contributed by atoms with Gasteiger partial charge in [0, 0.05) is 29.6 Å². The van der Waals surface area contributed by atoms with E-state index in [4.69, 9.17) is 11.6 Å². The lowest BCUT2D eigenvalue weighted by Gasteiger charge is -2.37. The largest absolute Gasteiger partial charge is 0.352 e. The molecule has 0 aromatic heterocycles. The van der Waals surface area contributed by atoms with Gasteiger partial charge in [0.1, 0.15) is 5.54 Å². The van der Waals surface area contributed by atoms with Gasteiger partial charge in [-0.25, -0.2) is 0 Å². The van der Waals surface area contributed by atoms with Crippen molar-refractivity contribution in [3.8, 4) is 0 Å². The molecule has 1 aliphatic heterocycles. The van der Waals surface area contributed by atoms with Crippen LogP contribution >= 0.6 is 11.6 Å². The van der Waals surface area contributed by atoms with Gasteiger partial charge in [-0.15, -0.1) is 0 Å². The fourth-order valence-corrected chi connectivity index (χ4v) is 4.77. The molecule has 2 aliphatic rings. The highest BCUT2D eigenvalue weighted by atomic mass is 35.5. The SMILES string of the molecule is CC1(C)C(C(=O)NC2(C(=O)NCCNC(=O)c3ccc(Cl)cc3)CCNCC2)C1(C)C. The van der Waals surface area contributed by atoms with Crippen LogP contribution in [0, 0.1) is 16.7 Å². The number of carbonyl (C=O) groups excluding carboxylic acids is 3. The van der Waals surface area contributed by atoms with Gasteiger partial charge in [0.15, 0.2) is 0 Å². The van der Waals surface area contributed by atoms with E-state index in [2.05, 4.69) is 49.0 Å². The van der Waals surface area contributed by atoms with Crippen LogP contribution in [-0.2, 0) is 9.59 Å². The summed E-state index contributed by atoms with van der Waals surface area (Å²) in [5.41, 5.74) is -0.592. The lowest BCUT2D eigenvalue weighted by molar-refractivity contribution is -0.135. The van der Waals surface area contributed by atoms with Crippen LogP contribution in [0.1, 0.15) is 50.9 Å². The third kappa shape index (κ3) is 4.72. The highest BCUT2D eigenvalue weighted by Gasteiger charge is 2.68. The Morgan fingerprint density at radius 2 is 1.52 bits per heavy atom. The molecule has 1 saturated carbocycles. The van der Waals surface area contributed by atoms with Crippen molar-refractivity contribution in [3.63, 3.8) is 0 Å². The van der Waals surface area contributed by atoms with E-state index >= 15 is 0 Å². The van der Waals surface area contributed by atoms with Crippen LogP contribution in [0.2, 0.25) is 5.02 Å². The zero-order chi connectivity index (χ0) is 22.9.